The second kappa shape index (κ2) is 5.33. The van der Waals surface area contributed by atoms with Crippen molar-refractivity contribution < 1.29 is 4.79 Å². The molecule has 1 fully saturated rings. The Morgan fingerprint density at radius 1 is 1.40 bits per heavy atom. The summed E-state index contributed by atoms with van der Waals surface area (Å²) in [5, 5.41) is 5.44. The summed E-state index contributed by atoms with van der Waals surface area (Å²) in [4.78, 5) is 17.3. The number of Topliss-reactive ketones (excluding diaryl/α,β-unsaturated/α-hetero) is 1. The van der Waals surface area contributed by atoms with Crippen LogP contribution in [0.25, 0.3) is 10.8 Å². The predicted molar refractivity (Wildman–Crippen MR) is 80.9 cm³/mol. The fourth-order valence-electron chi connectivity index (χ4n) is 3.22. The molecule has 2 heterocycles. The average molecular weight is 268 g/mol. The van der Waals surface area contributed by atoms with Crippen LogP contribution in [0.15, 0.2) is 36.7 Å². The molecule has 1 unspecified atom stereocenters. The van der Waals surface area contributed by atoms with Crippen LogP contribution in [0.3, 0.4) is 0 Å². The average Bonchev–Trinajstić information content (AvgIpc) is 2.54. The Morgan fingerprint density at radius 3 is 3.05 bits per heavy atom. The van der Waals surface area contributed by atoms with Crippen LogP contribution in [0.4, 0.5) is 0 Å². The fraction of sp³-hybridized carbons (Fsp3) is 0.412. The number of carbonyl (C=O) groups excluding carboxylic acids is 1. The van der Waals surface area contributed by atoms with Crippen LogP contribution in [-0.4, -0.2) is 23.9 Å². The van der Waals surface area contributed by atoms with E-state index in [2.05, 4.69) is 17.2 Å². The van der Waals surface area contributed by atoms with Gasteiger partial charge in [-0.05, 0) is 37.3 Å². The molecule has 0 saturated carbocycles. The Hall–Kier alpha value is -1.74. The SMILES string of the molecule is CCC1(C(=O)c2cccc3ccncc23)CCCNC1. The van der Waals surface area contributed by atoms with E-state index in [1.807, 2.05) is 30.5 Å². The molecule has 3 heteroatoms. The van der Waals surface area contributed by atoms with E-state index in [0.717, 1.165) is 48.7 Å². The lowest BCUT2D eigenvalue weighted by Crippen LogP contribution is -2.45. The minimum atomic E-state index is -0.248. The zero-order valence-corrected chi connectivity index (χ0v) is 11.9. The number of benzene rings is 1. The Balaban J connectivity index is 2.08. The van der Waals surface area contributed by atoms with Crippen molar-refractivity contribution in [3.05, 3.63) is 42.2 Å². The molecule has 1 saturated heterocycles. The quantitative estimate of drug-likeness (QED) is 0.869. The van der Waals surface area contributed by atoms with E-state index in [0.29, 0.717) is 0 Å². The summed E-state index contributed by atoms with van der Waals surface area (Å²) >= 11 is 0. The molecule has 3 nitrogen and oxygen atoms in total. The van der Waals surface area contributed by atoms with Gasteiger partial charge in [0.25, 0.3) is 0 Å². The number of aromatic nitrogens is 1. The minimum Gasteiger partial charge on any atom is -0.316 e. The molecule has 1 atom stereocenters. The van der Waals surface area contributed by atoms with Crippen molar-refractivity contribution in [2.75, 3.05) is 13.1 Å². The second-order valence-corrected chi connectivity index (χ2v) is 5.65. The van der Waals surface area contributed by atoms with E-state index in [1.54, 1.807) is 6.20 Å². The molecule has 1 aromatic carbocycles. The lowest BCUT2D eigenvalue weighted by atomic mass is 9.72. The number of nitrogens with one attached hydrogen (secondary N) is 1. The number of hydrogen-bond acceptors (Lipinski definition) is 3. The van der Waals surface area contributed by atoms with E-state index >= 15 is 0 Å². The van der Waals surface area contributed by atoms with Gasteiger partial charge in [0.05, 0.1) is 0 Å². The molecule has 0 aliphatic carbocycles. The standard InChI is InChI=1S/C17H20N2O/c1-2-17(8-4-9-19-12-17)16(20)14-6-3-5-13-7-10-18-11-15(13)14/h3,5-7,10-11,19H,2,4,8-9,12H2,1H3. The molecule has 0 spiro atoms. The van der Waals surface area contributed by atoms with Crippen LogP contribution in [0, 0.1) is 5.41 Å². The third-order valence-corrected chi connectivity index (χ3v) is 4.56. The molecule has 1 N–H and O–H groups in total. The first kappa shape index (κ1) is 13.3. The highest BCUT2D eigenvalue weighted by Gasteiger charge is 2.38. The first-order valence-corrected chi connectivity index (χ1v) is 7.35. The number of pyridine rings is 1. The van der Waals surface area contributed by atoms with Crippen LogP contribution in [0.2, 0.25) is 0 Å². The van der Waals surface area contributed by atoms with Crippen LogP contribution >= 0.6 is 0 Å². The highest BCUT2D eigenvalue weighted by atomic mass is 16.1. The molecule has 3 rings (SSSR count). The summed E-state index contributed by atoms with van der Waals surface area (Å²) in [5.74, 6) is 0.269. The van der Waals surface area contributed by atoms with E-state index < -0.39 is 0 Å². The highest BCUT2D eigenvalue weighted by Crippen LogP contribution is 2.35. The largest absolute Gasteiger partial charge is 0.316 e. The number of rotatable bonds is 3. The monoisotopic (exact) mass is 268 g/mol. The van der Waals surface area contributed by atoms with Crippen molar-refractivity contribution in [3.63, 3.8) is 0 Å². The van der Waals surface area contributed by atoms with Crippen LogP contribution in [-0.2, 0) is 0 Å². The van der Waals surface area contributed by atoms with Gasteiger partial charge in [0.1, 0.15) is 0 Å². The van der Waals surface area contributed by atoms with E-state index in [-0.39, 0.29) is 11.2 Å². The Bertz CT molecular complexity index is 624. The van der Waals surface area contributed by atoms with Crippen molar-refractivity contribution in [1.82, 2.24) is 10.3 Å². The Kier molecular flexibility index (Phi) is 3.53. The maximum atomic E-state index is 13.1. The number of piperidine rings is 1. The fourth-order valence-corrected chi connectivity index (χ4v) is 3.22. The van der Waals surface area contributed by atoms with Gasteiger partial charge < -0.3 is 5.32 Å². The minimum absolute atomic E-state index is 0.248. The van der Waals surface area contributed by atoms with E-state index in [4.69, 9.17) is 0 Å². The van der Waals surface area contributed by atoms with Crippen LogP contribution in [0.5, 0.6) is 0 Å². The number of ketones is 1. The zero-order chi connectivity index (χ0) is 14.0. The molecule has 2 aromatic rings. The van der Waals surface area contributed by atoms with Crippen LogP contribution in [0.1, 0.15) is 36.5 Å². The highest BCUT2D eigenvalue weighted by molar-refractivity contribution is 6.10. The van der Waals surface area contributed by atoms with Gasteiger partial charge in [0, 0.05) is 35.3 Å². The smallest absolute Gasteiger partial charge is 0.170 e. The molecule has 0 radical (unpaired) electrons. The number of hydrogen-bond donors (Lipinski definition) is 1. The molecule has 20 heavy (non-hydrogen) atoms. The number of nitrogens with zero attached hydrogens (tertiary/aromatic N) is 1. The first-order valence-electron chi connectivity index (χ1n) is 7.35. The van der Waals surface area contributed by atoms with Gasteiger partial charge in [0.2, 0.25) is 0 Å². The molecular weight excluding hydrogens is 248 g/mol. The van der Waals surface area contributed by atoms with E-state index in [1.165, 1.54) is 0 Å². The van der Waals surface area contributed by atoms with Crippen molar-refractivity contribution in [3.8, 4) is 0 Å². The van der Waals surface area contributed by atoms with E-state index in [9.17, 15) is 4.79 Å². The van der Waals surface area contributed by atoms with Gasteiger partial charge in [-0.15, -0.1) is 0 Å². The summed E-state index contributed by atoms with van der Waals surface area (Å²) in [6, 6.07) is 7.91. The van der Waals surface area contributed by atoms with Crippen LogP contribution < -0.4 is 5.32 Å². The lowest BCUT2D eigenvalue weighted by molar-refractivity contribution is 0.0732. The van der Waals surface area contributed by atoms with Crippen molar-refractivity contribution in [2.24, 2.45) is 5.41 Å². The molecule has 1 aromatic heterocycles. The normalized spacial score (nSPS) is 22.9. The van der Waals surface area contributed by atoms with Gasteiger partial charge in [-0.25, -0.2) is 0 Å². The van der Waals surface area contributed by atoms with Gasteiger partial charge in [0.15, 0.2) is 5.78 Å². The summed E-state index contributed by atoms with van der Waals surface area (Å²) in [5.41, 5.74) is 0.573. The Morgan fingerprint density at radius 2 is 2.30 bits per heavy atom. The maximum absolute atomic E-state index is 13.1. The Labute approximate surface area is 119 Å². The van der Waals surface area contributed by atoms with Gasteiger partial charge in [-0.2, -0.15) is 0 Å². The summed E-state index contributed by atoms with van der Waals surface area (Å²) in [6.45, 7) is 3.93. The van der Waals surface area contributed by atoms with Crippen molar-refractivity contribution >= 4 is 16.6 Å². The van der Waals surface area contributed by atoms with Gasteiger partial charge in [-0.3, -0.25) is 9.78 Å². The number of carbonyl (C=O) groups is 1. The van der Waals surface area contributed by atoms with Crippen molar-refractivity contribution in [2.45, 2.75) is 26.2 Å². The molecular formula is C17H20N2O. The summed E-state index contributed by atoms with van der Waals surface area (Å²) < 4.78 is 0. The van der Waals surface area contributed by atoms with Gasteiger partial charge >= 0.3 is 0 Å². The molecule has 104 valence electrons. The second-order valence-electron chi connectivity index (χ2n) is 5.65. The predicted octanol–water partition coefficient (Wildman–Crippen LogP) is 3.20. The molecule has 1 aliphatic heterocycles. The molecule has 0 bridgehead atoms. The topological polar surface area (TPSA) is 42.0 Å². The third-order valence-electron chi connectivity index (χ3n) is 4.56. The summed E-state index contributed by atoms with van der Waals surface area (Å²) in [6.07, 6.45) is 6.51. The maximum Gasteiger partial charge on any atom is 0.170 e. The lowest BCUT2D eigenvalue weighted by Gasteiger charge is -2.35. The molecule has 0 amide bonds. The zero-order valence-electron chi connectivity index (χ0n) is 11.9. The van der Waals surface area contributed by atoms with Gasteiger partial charge in [-0.1, -0.05) is 25.1 Å². The third kappa shape index (κ3) is 2.12. The summed E-state index contributed by atoms with van der Waals surface area (Å²) in [7, 11) is 0. The first-order chi connectivity index (χ1) is 9.77. The molecule has 1 aliphatic rings. The van der Waals surface area contributed by atoms with Crippen molar-refractivity contribution in [1.29, 1.82) is 0 Å². The number of fused-ring (bicyclic) bond motifs is 1.